The summed E-state index contributed by atoms with van der Waals surface area (Å²) in [4.78, 5) is 45.3. The summed E-state index contributed by atoms with van der Waals surface area (Å²) in [6.07, 6.45) is 3.61. The lowest BCUT2D eigenvalue weighted by Gasteiger charge is -2.37. The van der Waals surface area contributed by atoms with Gasteiger partial charge in [0.25, 0.3) is 0 Å². The van der Waals surface area contributed by atoms with E-state index in [2.05, 4.69) is 0 Å². The predicted molar refractivity (Wildman–Crippen MR) is 148 cm³/mol. The summed E-state index contributed by atoms with van der Waals surface area (Å²) in [6.45, 7) is 0. The standard InChI is InChI=1S/C33H20ClF2NO3/c34-21-10-15-26-20(17-21)9-16-27-33(31(39)24-3-1-2-4-25(24)32(33)40)28(18-5-11-22(35)12-6-18)29(37(26)27)30(38)19-7-13-23(36)14-8-19/h1-17,27-29H/t27-,28+,29+/m1/s1. The first-order chi connectivity index (χ1) is 19.3. The number of halogens is 3. The highest BCUT2D eigenvalue weighted by molar-refractivity contribution is 6.32. The molecule has 0 aromatic heterocycles. The number of ketones is 3. The summed E-state index contributed by atoms with van der Waals surface area (Å²) >= 11 is 6.30. The number of Topliss-reactive ketones (excluding diaryl/α,β-unsaturated/α-hetero) is 3. The number of carbonyl (C=O) groups is 3. The van der Waals surface area contributed by atoms with Crippen LogP contribution in [0.15, 0.2) is 97.1 Å². The summed E-state index contributed by atoms with van der Waals surface area (Å²) in [7, 11) is 0. The molecule has 1 aliphatic carbocycles. The molecule has 0 amide bonds. The second kappa shape index (κ2) is 8.80. The van der Waals surface area contributed by atoms with Gasteiger partial charge in [-0.25, -0.2) is 8.78 Å². The van der Waals surface area contributed by atoms with Gasteiger partial charge < -0.3 is 4.90 Å². The van der Waals surface area contributed by atoms with E-state index in [9.17, 15) is 23.2 Å². The van der Waals surface area contributed by atoms with Gasteiger partial charge in [0.05, 0.1) is 6.04 Å². The Morgan fingerprint density at radius 2 is 1.40 bits per heavy atom. The quantitative estimate of drug-likeness (QED) is 0.204. The van der Waals surface area contributed by atoms with Crippen LogP contribution >= 0.6 is 11.6 Å². The van der Waals surface area contributed by atoms with E-state index in [1.54, 1.807) is 48.5 Å². The first-order valence-corrected chi connectivity index (χ1v) is 13.2. The molecule has 1 fully saturated rings. The molecule has 4 nitrogen and oxygen atoms in total. The summed E-state index contributed by atoms with van der Waals surface area (Å²) in [5.41, 5.74) is 0.971. The van der Waals surface area contributed by atoms with Crippen LogP contribution in [0.3, 0.4) is 0 Å². The van der Waals surface area contributed by atoms with E-state index in [0.29, 0.717) is 27.4 Å². The third-order valence-corrected chi connectivity index (χ3v) is 8.63. The minimum atomic E-state index is -1.70. The van der Waals surface area contributed by atoms with Crippen molar-refractivity contribution < 1.29 is 23.2 Å². The topological polar surface area (TPSA) is 54.5 Å². The van der Waals surface area contributed by atoms with Gasteiger partial charge in [-0.1, -0.05) is 60.2 Å². The lowest BCUT2D eigenvalue weighted by Crippen LogP contribution is -2.48. The van der Waals surface area contributed by atoms with Crippen molar-refractivity contribution in [3.05, 3.63) is 142 Å². The fourth-order valence-electron chi connectivity index (χ4n) is 6.78. The number of nitrogens with zero attached hydrogens (tertiary/aromatic N) is 1. The minimum absolute atomic E-state index is 0.231. The molecule has 2 heterocycles. The normalized spacial score (nSPS) is 21.9. The van der Waals surface area contributed by atoms with Crippen LogP contribution in [-0.2, 0) is 0 Å². The Kier molecular flexibility index (Phi) is 5.41. The van der Waals surface area contributed by atoms with Crippen molar-refractivity contribution in [2.24, 2.45) is 5.41 Å². The molecule has 4 aromatic carbocycles. The highest BCUT2D eigenvalue weighted by Crippen LogP contribution is 2.61. The van der Waals surface area contributed by atoms with Crippen molar-refractivity contribution in [1.29, 1.82) is 0 Å². The summed E-state index contributed by atoms with van der Waals surface area (Å²) in [5.74, 6) is -3.10. The molecule has 7 heteroatoms. The number of hydrogen-bond acceptors (Lipinski definition) is 4. The molecule has 0 bridgehead atoms. The maximum Gasteiger partial charge on any atom is 0.185 e. The molecule has 1 spiro atoms. The lowest BCUT2D eigenvalue weighted by molar-refractivity contribution is 0.0666. The van der Waals surface area contributed by atoms with E-state index in [0.717, 1.165) is 5.56 Å². The van der Waals surface area contributed by atoms with Crippen molar-refractivity contribution >= 4 is 40.7 Å². The van der Waals surface area contributed by atoms with Crippen LogP contribution in [0.5, 0.6) is 0 Å². The zero-order valence-electron chi connectivity index (χ0n) is 20.9. The minimum Gasteiger partial charge on any atom is -0.352 e. The predicted octanol–water partition coefficient (Wildman–Crippen LogP) is 6.93. The fraction of sp³-hybridized carbons (Fsp3) is 0.121. The van der Waals surface area contributed by atoms with Gasteiger partial charge in [0, 0.05) is 33.3 Å². The molecule has 0 unspecified atom stereocenters. The highest BCUT2D eigenvalue weighted by Gasteiger charge is 2.71. The number of hydrogen-bond donors (Lipinski definition) is 0. The average Bonchev–Trinajstić information content (AvgIpc) is 3.39. The van der Waals surface area contributed by atoms with E-state index < -0.39 is 35.1 Å². The number of benzene rings is 4. The molecular weight excluding hydrogens is 532 g/mol. The van der Waals surface area contributed by atoms with Crippen molar-refractivity contribution in [3.63, 3.8) is 0 Å². The van der Waals surface area contributed by atoms with Gasteiger partial charge in [0.1, 0.15) is 23.1 Å². The van der Waals surface area contributed by atoms with Crippen LogP contribution < -0.4 is 4.90 Å². The Bertz CT molecular complexity index is 1730. The van der Waals surface area contributed by atoms with Gasteiger partial charge in [-0.05, 0) is 65.7 Å². The molecule has 2 aliphatic heterocycles. The second-order valence-corrected chi connectivity index (χ2v) is 10.8. The highest BCUT2D eigenvalue weighted by atomic mass is 35.5. The Labute approximate surface area is 233 Å². The molecule has 196 valence electrons. The van der Waals surface area contributed by atoms with Crippen molar-refractivity contribution in [3.8, 4) is 0 Å². The first kappa shape index (κ1) is 24.6. The fourth-order valence-corrected chi connectivity index (χ4v) is 6.96. The molecule has 0 N–H and O–H groups in total. The van der Waals surface area contributed by atoms with Gasteiger partial charge in [-0.2, -0.15) is 0 Å². The zero-order valence-corrected chi connectivity index (χ0v) is 21.6. The Balaban J connectivity index is 1.54. The maximum absolute atomic E-state index is 14.5. The molecule has 4 aromatic rings. The number of fused-ring (bicyclic) bond motifs is 5. The zero-order chi connectivity index (χ0) is 27.8. The van der Waals surface area contributed by atoms with Crippen molar-refractivity contribution in [2.45, 2.75) is 18.0 Å². The number of anilines is 1. The maximum atomic E-state index is 14.5. The third-order valence-electron chi connectivity index (χ3n) is 8.39. The third kappa shape index (κ3) is 3.26. The Hall–Kier alpha value is -4.42. The van der Waals surface area contributed by atoms with Crippen LogP contribution in [0.4, 0.5) is 14.5 Å². The molecule has 3 aliphatic rings. The number of rotatable bonds is 3. The monoisotopic (exact) mass is 551 g/mol. The van der Waals surface area contributed by atoms with Gasteiger partial charge >= 0.3 is 0 Å². The van der Waals surface area contributed by atoms with Crippen LogP contribution in [0, 0.1) is 17.0 Å². The van der Waals surface area contributed by atoms with Crippen LogP contribution in [0.1, 0.15) is 48.1 Å². The van der Waals surface area contributed by atoms with E-state index in [4.69, 9.17) is 11.6 Å². The molecular formula is C33H20ClF2NO3. The van der Waals surface area contributed by atoms with Crippen LogP contribution in [-0.4, -0.2) is 29.4 Å². The van der Waals surface area contributed by atoms with Gasteiger partial charge in [-0.15, -0.1) is 0 Å². The number of carbonyl (C=O) groups excluding carboxylic acids is 3. The smallest absolute Gasteiger partial charge is 0.185 e. The van der Waals surface area contributed by atoms with Gasteiger partial charge in [-0.3, -0.25) is 14.4 Å². The van der Waals surface area contributed by atoms with Crippen molar-refractivity contribution in [2.75, 3.05) is 4.90 Å². The van der Waals surface area contributed by atoms with Crippen molar-refractivity contribution in [1.82, 2.24) is 0 Å². The van der Waals surface area contributed by atoms with E-state index in [1.807, 2.05) is 11.0 Å². The molecule has 7 rings (SSSR count). The molecule has 0 radical (unpaired) electrons. The Morgan fingerprint density at radius 3 is 2.02 bits per heavy atom. The van der Waals surface area contributed by atoms with Crippen LogP contribution in [0.25, 0.3) is 6.08 Å². The SMILES string of the molecule is O=C(c1ccc(F)cc1)[C@@H]1[C@H](c2ccc(F)cc2)C2(C(=O)c3ccccc3C2=O)[C@H]2C=Cc3cc(Cl)ccc3N12. The van der Waals surface area contributed by atoms with Crippen LogP contribution in [0.2, 0.25) is 5.02 Å². The van der Waals surface area contributed by atoms with E-state index in [-0.39, 0.29) is 22.9 Å². The van der Waals surface area contributed by atoms with E-state index in [1.165, 1.54) is 48.5 Å². The van der Waals surface area contributed by atoms with Gasteiger partial charge in [0.2, 0.25) is 0 Å². The van der Waals surface area contributed by atoms with E-state index >= 15 is 0 Å². The largest absolute Gasteiger partial charge is 0.352 e. The Morgan fingerprint density at radius 1 is 0.800 bits per heavy atom. The summed E-state index contributed by atoms with van der Waals surface area (Å²) in [5, 5.41) is 0.493. The molecule has 3 atom stereocenters. The molecule has 40 heavy (non-hydrogen) atoms. The molecule has 1 saturated heterocycles. The lowest BCUT2D eigenvalue weighted by atomic mass is 9.64. The van der Waals surface area contributed by atoms with Gasteiger partial charge in [0.15, 0.2) is 17.3 Å². The first-order valence-electron chi connectivity index (χ1n) is 12.8. The molecule has 0 saturated carbocycles. The summed E-state index contributed by atoms with van der Waals surface area (Å²) in [6, 6.07) is 20.8. The summed E-state index contributed by atoms with van der Waals surface area (Å²) < 4.78 is 28.0. The average molecular weight is 552 g/mol. The second-order valence-electron chi connectivity index (χ2n) is 10.3.